The van der Waals surface area contributed by atoms with Crippen LogP contribution in [0.3, 0.4) is 0 Å². The third-order valence-corrected chi connectivity index (χ3v) is 0. The van der Waals surface area contributed by atoms with Gasteiger partial charge >= 0.3 is 0 Å². The normalized spacial score (nSPS) is 1.00. The van der Waals surface area contributed by atoms with Crippen molar-refractivity contribution in [3.8, 4) is 0 Å². The molecule has 0 amide bonds. The fourth-order valence-electron chi connectivity index (χ4n) is 0. The summed E-state index contributed by atoms with van der Waals surface area (Å²) < 4.78 is 0. The molecule has 0 radical (unpaired) electrons. The Balaban J connectivity index is -0.000000000833. The summed E-state index contributed by atoms with van der Waals surface area (Å²) in [6, 6.07) is 0. The molecule has 5 heteroatoms. The van der Waals surface area contributed by atoms with Crippen LogP contribution in [0.5, 0.6) is 0 Å². The second kappa shape index (κ2) is 59.5. The zero-order chi connectivity index (χ0) is 2.00. The fourth-order valence-corrected chi connectivity index (χ4v) is 0. The Labute approximate surface area is 84.1 Å². The Kier molecular flexibility index (Phi) is 420. The van der Waals surface area contributed by atoms with Gasteiger partial charge in [-0.3, -0.25) is 0 Å². The van der Waals surface area contributed by atoms with Gasteiger partial charge in [0.2, 0.25) is 0 Å². The fraction of sp³-hybridized carbons (Fsp3) is 1.00. The van der Waals surface area contributed by atoms with Gasteiger partial charge in [-0.2, -0.15) is 0 Å². The minimum Gasteiger partial charge on any atom is -0.400 e. The molecule has 1 nitrogen and oxygen atoms in total. The molecule has 0 aromatic carbocycles. The van der Waals surface area contributed by atoms with E-state index in [0.29, 0.717) is 0 Å². The van der Waals surface area contributed by atoms with Crippen molar-refractivity contribution in [1.82, 2.24) is 0 Å². The summed E-state index contributed by atoms with van der Waals surface area (Å²) in [7, 11) is 1.00. The number of hydrogen-bond acceptors (Lipinski definition) is 1. The average Bonchev–Trinajstić information content (AvgIpc) is 1.00. The van der Waals surface area contributed by atoms with Crippen LogP contribution < -0.4 is 0 Å². The molecular weight excluding hydrogens is 316 g/mol. The molecule has 0 aliphatic carbocycles. The molecular formula is CH7Br3OTi. The molecule has 0 aromatic heterocycles. The van der Waals surface area contributed by atoms with Crippen molar-refractivity contribution in [2.45, 2.75) is 0 Å². The molecule has 0 aliphatic rings. The summed E-state index contributed by atoms with van der Waals surface area (Å²) >= 11 is 0. The monoisotopic (exact) mass is 320 g/mol. The van der Waals surface area contributed by atoms with Crippen LogP contribution in [0.25, 0.3) is 0 Å². The van der Waals surface area contributed by atoms with Crippen LogP contribution in [-0.2, 0) is 21.7 Å². The largest absolute Gasteiger partial charge is 0.400 e. The minimum absolute atomic E-state index is 0. The molecule has 0 spiro atoms. The van der Waals surface area contributed by atoms with Gasteiger partial charge in [-0.1, -0.05) is 0 Å². The second-order valence-corrected chi connectivity index (χ2v) is 0. The first kappa shape index (κ1) is 42.3. The predicted molar refractivity (Wildman–Crippen MR) is 39.1 cm³/mol. The van der Waals surface area contributed by atoms with Crippen LogP contribution in [0.15, 0.2) is 0 Å². The van der Waals surface area contributed by atoms with Gasteiger partial charge in [0.1, 0.15) is 0 Å². The Morgan fingerprint density at radius 3 is 0.833 bits per heavy atom. The topological polar surface area (TPSA) is 20.2 Å². The summed E-state index contributed by atoms with van der Waals surface area (Å²) in [5, 5.41) is 7.00. The summed E-state index contributed by atoms with van der Waals surface area (Å²) in [5.74, 6) is 0. The van der Waals surface area contributed by atoms with Crippen molar-refractivity contribution < 1.29 is 26.8 Å². The maximum absolute atomic E-state index is 7.00. The quantitative estimate of drug-likeness (QED) is 0.667. The molecule has 0 saturated carbocycles. The van der Waals surface area contributed by atoms with Crippen LogP contribution in [0.4, 0.5) is 0 Å². The first-order chi connectivity index (χ1) is 1.00. The van der Waals surface area contributed by atoms with E-state index in [4.69, 9.17) is 5.11 Å². The van der Waals surface area contributed by atoms with E-state index in [1.165, 1.54) is 0 Å². The van der Waals surface area contributed by atoms with Crippen LogP contribution in [0, 0.1) is 0 Å². The maximum atomic E-state index is 7.00. The van der Waals surface area contributed by atoms with E-state index in [1.54, 1.807) is 0 Å². The second-order valence-electron chi connectivity index (χ2n) is 0. The number of aliphatic hydroxyl groups excluding tert-OH is 1. The molecule has 0 saturated heterocycles. The van der Waals surface area contributed by atoms with Gasteiger partial charge in [0.25, 0.3) is 0 Å². The minimum atomic E-state index is 0. The van der Waals surface area contributed by atoms with E-state index in [2.05, 4.69) is 0 Å². The summed E-state index contributed by atoms with van der Waals surface area (Å²) in [5.41, 5.74) is 0. The van der Waals surface area contributed by atoms with Gasteiger partial charge in [-0.05, 0) is 0 Å². The molecule has 0 bridgehead atoms. The van der Waals surface area contributed by atoms with E-state index in [0.717, 1.165) is 7.11 Å². The smallest absolute Gasteiger partial charge is 0.0319 e. The molecule has 42 valence electrons. The number of aliphatic hydroxyl groups is 1. The Morgan fingerprint density at radius 2 is 0.833 bits per heavy atom. The summed E-state index contributed by atoms with van der Waals surface area (Å²) in [4.78, 5) is 0. The zero-order valence-electron chi connectivity index (χ0n) is 3.17. The Bertz CT molecular complexity index is 10.8. The van der Waals surface area contributed by atoms with Crippen molar-refractivity contribution >= 4 is 50.9 Å². The molecule has 0 fully saturated rings. The molecule has 0 aliphatic heterocycles. The first-order valence-corrected chi connectivity index (χ1v) is 0.447. The van der Waals surface area contributed by atoms with Crippen LogP contribution in [0.2, 0.25) is 0 Å². The van der Waals surface area contributed by atoms with E-state index in [9.17, 15) is 0 Å². The van der Waals surface area contributed by atoms with Gasteiger partial charge in [-0.15, -0.1) is 50.9 Å². The van der Waals surface area contributed by atoms with Gasteiger partial charge in [0.15, 0.2) is 0 Å². The van der Waals surface area contributed by atoms with Crippen molar-refractivity contribution in [2.24, 2.45) is 0 Å². The summed E-state index contributed by atoms with van der Waals surface area (Å²) in [6.07, 6.45) is 0. The standard InChI is InChI=1S/CH4O.3BrH.Ti/c1-2;;;;/h2H,1H3;3*1H;. The molecule has 6 heavy (non-hydrogen) atoms. The van der Waals surface area contributed by atoms with Gasteiger partial charge in [0.05, 0.1) is 0 Å². The van der Waals surface area contributed by atoms with Gasteiger partial charge in [0, 0.05) is 28.8 Å². The van der Waals surface area contributed by atoms with E-state index in [1.807, 2.05) is 0 Å². The van der Waals surface area contributed by atoms with Gasteiger partial charge < -0.3 is 5.11 Å². The molecule has 0 atom stereocenters. The first-order valence-electron chi connectivity index (χ1n) is 0.447. The van der Waals surface area contributed by atoms with E-state index in [-0.39, 0.29) is 72.7 Å². The van der Waals surface area contributed by atoms with Crippen molar-refractivity contribution in [3.05, 3.63) is 0 Å². The Morgan fingerprint density at radius 1 is 0.833 bits per heavy atom. The molecule has 0 aromatic rings. The average molecular weight is 323 g/mol. The zero-order valence-corrected chi connectivity index (χ0v) is 9.87. The predicted octanol–water partition coefficient (Wildman–Crippen LogP) is 1.34. The SMILES string of the molecule is Br.Br.Br.CO.[Ti]. The number of rotatable bonds is 0. The molecule has 0 heterocycles. The molecule has 0 unspecified atom stereocenters. The summed E-state index contributed by atoms with van der Waals surface area (Å²) in [6.45, 7) is 0. The van der Waals surface area contributed by atoms with Crippen molar-refractivity contribution in [2.75, 3.05) is 7.11 Å². The third kappa shape index (κ3) is 35.8. The molecule has 0 rings (SSSR count). The van der Waals surface area contributed by atoms with Gasteiger partial charge in [-0.25, -0.2) is 0 Å². The Hall–Kier alpha value is 2.11. The molecule has 1 N–H and O–H groups in total. The van der Waals surface area contributed by atoms with Crippen molar-refractivity contribution in [3.63, 3.8) is 0 Å². The van der Waals surface area contributed by atoms with E-state index >= 15 is 0 Å². The number of hydrogen-bond donors (Lipinski definition) is 1. The third-order valence-electron chi connectivity index (χ3n) is 0. The van der Waals surface area contributed by atoms with Crippen LogP contribution in [0.1, 0.15) is 0 Å². The van der Waals surface area contributed by atoms with E-state index < -0.39 is 0 Å². The van der Waals surface area contributed by atoms with Crippen molar-refractivity contribution in [1.29, 1.82) is 0 Å². The van der Waals surface area contributed by atoms with Crippen LogP contribution in [-0.4, -0.2) is 12.2 Å². The number of halogens is 3. The van der Waals surface area contributed by atoms with Crippen LogP contribution >= 0.6 is 50.9 Å². The maximum Gasteiger partial charge on any atom is 0.0319 e.